The molecule has 6 heteroatoms. The van der Waals surface area contributed by atoms with Gasteiger partial charge in [-0.3, -0.25) is 14.4 Å². The molecule has 0 bridgehead atoms. The number of hydrogen-bond acceptors (Lipinski definition) is 6. The van der Waals surface area contributed by atoms with Crippen LogP contribution in [-0.2, 0) is 28.6 Å². The molecule has 0 aliphatic carbocycles. The van der Waals surface area contributed by atoms with Gasteiger partial charge in [0.15, 0.2) is 6.10 Å². The zero-order valence-electron chi connectivity index (χ0n) is 39.2. The fourth-order valence-electron chi connectivity index (χ4n) is 6.80. The van der Waals surface area contributed by atoms with E-state index < -0.39 is 6.10 Å². The Balaban J connectivity index is 4.46. The van der Waals surface area contributed by atoms with Crippen molar-refractivity contribution >= 4 is 17.9 Å². The Morgan fingerprint density at radius 3 is 1.05 bits per heavy atom. The molecule has 6 nitrogen and oxygen atoms in total. The Morgan fingerprint density at radius 2 is 0.650 bits per heavy atom. The number of allylic oxidation sites excluding steroid dienone is 12. The van der Waals surface area contributed by atoms with Crippen molar-refractivity contribution in [3.8, 4) is 0 Å². The van der Waals surface area contributed by atoms with Gasteiger partial charge < -0.3 is 14.2 Å². The molecule has 0 amide bonds. The lowest BCUT2D eigenvalue weighted by Crippen LogP contribution is -2.30. The number of rotatable bonds is 44. The first kappa shape index (κ1) is 56.9. The maximum Gasteiger partial charge on any atom is 0.306 e. The summed E-state index contributed by atoms with van der Waals surface area (Å²) in [5.74, 6) is -0.944. The third kappa shape index (κ3) is 45.9. The maximum absolute atomic E-state index is 12.8. The molecule has 0 aromatic heterocycles. The quantitative estimate of drug-likeness (QED) is 0.0263. The van der Waals surface area contributed by atoms with Gasteiger partial charge in [-0.25, -0.2) is 0 Å². The van der Waals surface area contributed by atoms with Gasteiger partial charge in [-0.05, 0) is 64.2 Å². The lowest BCUT2D eigenvalue weighted by Gasteiger charge is -2.18. The highest BCUT2D eigenvalue weighted by Gasteiger charge is 2.19. The number of carbonyl (C=O) groups excluding carboxylic acids is 3. The molecule has 0 radical (unpaired) electrons. The van der Waals surface area contributed by atoms with Crippen molar-refractivity contribution in [3.05, 3.63) is 72.9 Å². The monoisotopic (exact) mass is 837 g/mol. The van der Waals surface area contributed by atoms with Gasteiger partial charge in [-0.1, -0.05) is 222 Å². The Bertz CT molecular complexity index is 1140. The normalized spacial score (nSPS) is 12.7. The van der Waals surface area contributed by atoms with Crippen LogP contribution in [0.2, 0.25) is 0 Å². The number of unbranched alkanes of at least 4 members (excludes halogenated alkanes) is 25. The lowest BCUT2D eigenvalue weighted by atomic mass is 10.1. The molecule has 344 valence electrons. The average Bonchev–Trinajstić information content (AvgIpc) is 3.24. The minimum Gasteiger partial charge on any atom is -0.462 e. The van der Waals surface area contributed by atoms with Crippen LogP contribution in [0.25, 0.3) is 0 Å². The molecule has 0 heterocycles. The van der Waals surface area contributed by atoms with Gasteiger partial charge in [0.25, 0.3) is 0 Å². The van der Waals surface area contributed by atoms with Crippen molar-refractivity contribution in [1.82, 2.24) is 0 Å². The summed E-state index contributed by atoms with van der Waals surface area (Å²) >= 11 is 0. The Hall–Kier alpha value is -3.15. The minimum absolute atomic E-state index is 0.0926. The van der Waals surface area contributed by atoms with E-state index >= 15 is 0 Å². The Kier molecular flexibility index (Phi) is 46.0. The van der Waals surface area contributed by atoms with Crippen LogP contribution in [0.4, 0.5) is 0 Å². The molecule has 0 saturated carbocycles. The van der Waals surface area contributed by atoms with Gasteiger partial charge in [0.1, 0.15) is 13.2 Å². The highest BCUT2D eigenvalue weighted by molar-refractivity contribution is 5.71. The molecule has 1 unspecified atom stereocenters. The summed E-state index contributed by atoms with van der Waals surface area (Å²) in [6.45, 7) is 6.44. The van der Waals surface area contributed by atoms with Crippen LogP contribution in [0, 0.1) is 0 Å². The second-order valence-corrected chi connectivity index (χ2v) is 16.5. The number of hydrogen-bond donors (Lipinski definition) is 0. The van der Waals surface area contributed by atoms with E-state index in [1.807, 2.05) is 18.2 Å². The average molecular weight is 837 g/mol. The van der Waals surface area contributed by atoms with Crippen molar-refractivity contribution < 1.29 is 28.6 Å². The number of ether oxygens (including phenoxy) is 3. The molecular formula is C54H92O6. The van der Waals surface area contributed by atoms with E-state index in [2.05, 4.69) is 75.5 Å². The van der Waals surface area contributed by atoms with E-state index in [4.69, 9.17) is 14.2 Å². The molecule has 0 spiro atoms. The van der Waals surface area contributed by atoms with Gasteiger partial charge in [0.2, 0.25) is 0 Å². The molecular weight excluding hydrogens is 745 g/mol. The van der Waals surface area contributed by atoms with E-state index in [9.17, 15) is 14.4 Å². The van der Waals surface area contributed by atoms with Gasteiger partial charge in [0.05, 0.1) is 0 Å². The fourth-order valence-corrected chi connectivity index (χ4v) is 6.80. The van der Waals surface area contributed by atoms with Gasteiger partial charge in [0, 0.05) is 19.3 Å². The van der Waals surface area contributed by atoms with Gasteiger partial charge in [-0.15, -0.1) is 0 Å². The highest BCUT2D eigenvalue weighted by Crippen LogP contribution is 2.14. The van der Waals surface area contributed by atoms with Crippen molar-refractivity contribution in [2.75, 3.05) is 13.2 Å². The molecule has 0 fully saturated rings. The summed E-state index contributed by atoms with van der Waals surface area (Å²) in [6.07, 6.45) is 60.2. The van der Waals surface area contributed by atoms with E-state index in [0.717, 1.165) is 96.3 Å². The largest absolute Gasteiger partial charge is 0.462 e. The molecule has 0 N–H and O–H groups in total. The lowest BCUT2D eigenvalue weighted by molar-refractivity contribution is -0.167. The third-order valence-corrected chi connectivity index (χ3v) is 10.6. The SMILES string of the molecule is CC\C=C/C=C\C=C/C=C\CCCCCCCC(=O)OC(COC(=O)CCCCC/C=C\C=C/CCCCCCCCC)COC(=O)CCCCCCCCCCCCC. The van der Waals surface area contributed by atoms with Crippen LogP contribution < -0.4 is 0 Å². The number of esters is 3. The summed E-state index contributed by atoms with van der Waals surface area (Å²) in [4.78, 5) is 37.9. The van der Waals surface area contributed by atoms with E-state index in [1.165, 1.54) is 96.3 Å². The molecule has 0 aliphatic heterocycles. The summed E-state index contributed by atoms with van der Waals surface area (Å²) in [5, 5.41) is 0. The first-order valence-electron chi connectivity index (χ1n) is 25.0. The standard InChI is InChI=1S/C54H92O6/c1-4-7-10-13-16-19-22-24-26-28-29-32-35-38-41-44-47-53(56)59-50-51(49-58-52(55)46-43-40-37-34-31-21-18-15-12-9-6-3)60-54(57)48-45-42-39-36-33-30-27-25-23-20-17-14-11-8-5-2/h8,11,14,17,20,23,25-29,32,51H,4-7,9-10,12-13,15-16,18-19,21-22,24,30-31,33-50H2,1-3H3/b11-8-,17-14-,23-20-,27-25-,28-26-,32-29-. The van der Waals surface area contributed by atoms with E-state index in [0.29, 0.717) is 19.3 Å². The summed E-state index contributed by atoms with van der Waals surface area (Å²) in [5.41, 5.74) is 0. The third-order valence-electron chi connectivity index (χ3n) is 10.6. The smallest absolute Gasteiger partial charge is 0.306 e. The summed E-state index contributed by atoms with van der Waals surface area (Å²) < 4.78 is 16.7. The van der Waals surface area contributed by atoms with Crippen molar-refractivity contribution in [3.63, 3.8) is 0 Å². The van der Waals surface area contributed by atoms with Crippen molar-refractivity contribution in [1.29, 1.82) is 0 Å². The topological polar surface area (TPSA) is 78.9 Å². The van der Waals surface area contributed by atoms with Crippen molar-refractivity contribution in [2.24, 2.45) is 0 Å². The van der Waals surface area contributed by atoms with E-state index in [-0.39, 0.29) is 31.1 Å². The van der Waals surface area contributed by atoms with Crippen molar-refractivity contribution in [2.45, 2.75) is 239 Å². The number of carbonyl (C=O) groups is 3. The second-order valence-electron chi connectivity index (χ2n) is 16.5. The highest BCUT2D eigenvalue weighted by atomic mass is 16.6. The first-order chi connectivity index (χ1) is 29.5. The predicted octanol–water partition coefficient (Wildman–Crippen LogP) is 16.3. The Labute approximate surface area is 370 Å². The van der Waals surface area contributed by atoms with Gasteiger partial charge in [-0.2, -0.15) is 0 Å². The van der Waals surface area contributed by atoms with Gasteiger partial charge >= 0.3 is 17.9 Å². The second kappa shape index (κ2) is 48.5. The fraction of sp³-hybridized carbons (Fsp3) is 0.722. The zero-order valence-corrected chi connectivity index (χ0v) is 39.2. The Morgan fingerprint density at radius 1 is 0.350 bits per heavy atom. The molecule has 0 aliphatic rings. The molecule has 1 atom stereocenters. The molecule has 0 aromatic rings. The maximum atomic E-state index is 12.8. The van der Waals surface area contributed by atoms with Crippen LogP contribution in [0.5, 0.6) is 0 Å². The minimum atomic E-state index is -0.796. The summed E-state index contributed by atoms with van der Waals surface area (Å²) in [6, 6.07) is 0. The predicted molar refractivity (Wildman–Crippen MR) is 256 cm³/mol. The molecule has 0 rings (SSSR count). The molecule has 0 saturated heterocycles. The first-order valence-corrected chi connectivity index (χ1v) is 25.0. The molecule has 0 aromatic carbocycles. The van der Waals surface area contributed by atoms with Crippen LogP contribution in [-0.4, -0.2) is 37.2 Å². The van der Waals surface area contributed by atoms with Crippen LogP contribution in [0.1, 0.15) is 233 Å². The van der Waals surface area contributed by atoms with Crippen LogP contribution in [0.15, 0.2) is 72.9 Å². The van der Waals surface area contributed by atoms with E-state index in [1.54, 1.807) is 0 Å². The zero-order chi connectivity index (χ0) is 43.7. The van der Waals surface area contributed by atoms with Crippen LogP contribution >= 0.6 is 0 Å². The molecule has 60 heavy (non-hydrogen) atoms. The summed E-state index contributed by atoms with van der Waals surface area (Å²) in [7, 11) is 0. The van der Waals surface area contributed by atoms with Crippen LogP contribution in [0.3, 0.4) is 0 Å².